The summed E-state index contributed by atoms with van der Waals surface area (Å²) in [4.78, 5) is 15.3. The Labute approximate surface area is 109 Å². The molecular weight excluding hydrogens is 311 g/mol. The number of carbonyl (C=O) groups excluding carboxylic acids is 1. The normalized spacial score (nSPS) is 15.3. The lowest BCUT2D eigenvalue weighted by molar-refractivity contribution is -0.304. The van der Waals surface area contributed by atoms with E-state index in [2.05, 4.69) is 21.2 Å². The molecule has 18 heavy (non-hydrogen) atoms. The van der Waals surface area contributed by atoms with Gasteiger partial charge in [0, 0.05) is 0 Å². The van der Waals surface area contributed by atoms with Gasteiger partial charge >= 0.3 is 0 Å². The van der Waals surface area contributed by atoms with Gasteiger partial charge in [-0.1, -0.05) is 5.23 Å². The van der Waals surface area contributed by atoms with Crippen LogP contribution in [0.2, 0.25) is 0 Å². The van der Waals surface area contributed by atoms with Crippen LogP contribution in [0.5, 0.6) is 0 Å². The zero-order chi connectivity index (χ0) is 13.3. The van der Waals surface area contributed by atoms with E-state index in [1.54, 1.807) is 0 Å². The van der Waals surface area contributed by atoms with Crippen molar-refractivity contribution in [3.05, 3.63) is 40.1 Å². The van der Waals surface area contributed by atoms with Gasteiger partial charge in [0.2, 0.25) is 12.2 Å². The zero-order valence-electron chi connectivity index (χ0n) is 8.80. The third-order valence-corrected chi connectivity index (χ3v) is 2.75. The first-order valence-corrected chi connectivity index (χ1v) is 5.46. The molecule has 0 radical (unpaired) electrons. The van der Waals surface area contributed by atoms with Gasteiger partial charge in [0.15, 0.2) is 5.82 Å². The molecule has 0 aromatic heterocycles. The topological polar surface area (TPSA) is 91.1 Å². The van der Waals surface area contributed by atoms with E-state index in [0.717, 1.165) is 5.06 Å². The van der Waals surface area contributed by atoms with Crippen LogP contribution in [-0.2, 0) is 9.73 Å². The summed E-state index contributed by atoms with van der Waals surface area (Å²) in [6, 6.07) is 3.98. The minimum Gasteiger partial charge on any atom is -0.378 e. The number of nitrogens with zero attached hydrogens (tertiary/aromatic N) is 2. The van der Waals surface area contributed by atoms with Crippen LogP contribution >= 0.6 is 15.9 Å². The summed E-state index contributed by atoms with van der Waals surface area (Å²) in [6.45, 7) is 0. The molecule has 96 valence electrons. The average Bonchev–Trinajstić information content (AvgIpc) is 2.61. The molecule has 1 aliphatic heterocycles. The van der Waals surface area contributed by atoms with E-state index in [-0.39, 0.29) is 21.3 Å². The fourth-order valence-corrected chi connectivity index (χ4v) is 1.70. The molecule has 1 heterocycles. The first kappa shape index (κ1) is 12.6. The lowest BCUT2D eigenvalue weighted by Crippen LogP contribution is -2.28. The highest BCUT2D eigenvalue weighted by Gasteiger charge is 2.30. The summed E-state index contributed by atoms with van der Waals surface area (Å²) in [5.41, 5.74) is 5.84. The Bertz CT molecular complexity index is 525. The molecule has 1 aliphatic rings. The predicted molar refractivity (Wildman–Crippen MR) is 61.7 cm³/mol. The first-order valence-electron chi connectivity index (χ1n) is 4.67. The van der Waals surface area contributed by atoms with Crippen molar-refractivity contribution >= 4 is 28.0 Å². The number of nitrogens with two attached hydrogens (primary N) is 1. The minimum absolute atomic E-state index is 0.0195. The van der Waals surface area contributed by atoms with Crippen molar-refractivity contribution in [2.45, 2.75) is 0 Å². The van der Waals surface area contributed by atoms with Crippen molar-refractivity contribution < 1.29 is 19.3 Å². The first-order chi connectivity index (χ1) is 8.54. The number of amides is 1. The number of hydrogen-bond acceptors (Lipinski definition) is 6. The molecule has 2 rings (SSSR count). The monoisotopic (exact) mass is 318 g/mol. The molecule has 0 bridgehead atoms. The van der Waals surface area contributed by atoms with Crippen molar-refractivity contribution in [1.29, 1.82) is 0 Å². The quantitative estimate of drug-likeness (QED) is 0.713. The number of anilines is 1. The molecule has 0 fully saturated rings. The number of rotatable bonds is 3. The second kappa shape index (κ2) is 4.80. The van der Waals surface area contributed by atoms with Crippen LogP contribution in [-0.4, -0.2) is 16.8 Å². The third-order valence-electron chi connectivity index (χ3n) is 2.14. The molecule has 0 saturated heterocycles. The molecule has 0 unspecified atom stereocenters. The van der Waals surface area contributed by atoms with E-state index >= 15 is 0 Å². The average molecular weight is 319 g/mol. The maximum absolute atomic E-state index is 13.1. The van der Waals surface area contributed by atoms with Crippen LogP contribution in [0.25, 0.3) is 0 Å². The van der Waals surface area contributed by atoms with E-state index in [4.69, 9.17) is 10.7 Å². The summed E-state index contributed by atoms with van der Waals surface area (Å²) in [6.07, 6.45) is 0.371. The Morgan fingerprint density at radius 3 is 2.89 bits per heavy atom. The Morgan fingerprint density at radius 1 is 1.56 bits per heavy atom. The second-order valence-corrected chi connectivity index (χ2v) is 4.10. The van der Waals surface area contributed by atoms with Gasteiger partial charge in [-0.2, -0.15) is 5.06 Å². The molecule has 1 amide bonds. The molecule has 0 saturated carbocycles. The van der Waals surface area contributed by atoms with Crippen LogP contribution < -0.4 is 16.1 Å². The smallest absolute Gasteiger partial charge is 0.212 e. The molecular formula is C9H8BrFN4O3. The summed E-state index contributed by atoms with van der Waals surface area (Å²) in [5.74, 6) is -0.644. The Balaban J connectivity index is 2.38. The number of nitrogens with one attached hydrogen (secondary N) is 1. The number of carbonyl (C=O) groups is 1. The third kappa shape index (κ3) is 2.10. The largest absolute Gasteiger partial charge is 0.378 e. The maximum atomic E-state index is 13.1. The Morgan fingerprint density at radius 2 is 2.28 bits per heavy atom. The lowest BCUT2D eigenvalue weighted by atomic mass is 10.3. The highest BCUT2D eigenvalue weighted by Crippen LogP contribution is 2.29. The van der Waals surface area contributed by atoms with Crippen LogP contribution in [0.1, 0.15) is 0 Å². The maximum Gasteiger partial charge on any atom is 0.212 e. The molecule has 0 atom stereocenters. The number of halogens is 2. The van der Waals surface area contributed by atoms with Crippen LogP contribution in [0, 0.1) is 5.82 Å². The van der Waals surface area contributed by atoms with Gasteiger partial charge in [0.25, 0.3) is 0 Å². The SMILES string of the molecule is NC1=C(NC=O)N(c2ccc(F)c(Br)c2)ON1O. The number of benzene rings is 1. The van der Waals surface area contributed by atoms with Crippen molar-refractivity contribution in [2.75, 3.05) is 5.06 Å². The summed E-state index contributed by atoms with van der Waals surface area (Å²) >= 11 is 3.01. The van der Waals surface area contributed by atoms with Gasteiger partial charge in [0.1, 0.15) is 5.82 Å². The summed E-state index contributed by atoms with van der Waals surface area (Å²) in [7, 11) is 0. The molecule has 1 aromatic rings. The fraction of sp³-hybridized carbons (Fsp3) is 0. The van der Waals surface area contributed by atoms with Gasteiger partial charge in [-0.15, -0.1) is 4.94 Å². The summed E-state index contributed by atoms with van der Waals surface area (Å²) in [5, 5.41) is 12.9. The van der Waals surface area contributed by atoms with Gasteiger partial charge in [0.05, 0.1) is 10.2 Å². The predicted octanol–water partition coefficient (Wildman–Crippen LogP) is 0.777. The van der Waals surface area contributed by atoms with Crippen molar-refractivity contribution in [3.8, 4) is 0 Å². The number of hydrogen-bond donors (Lipinski definition) is 3. The highest BCUT2D eigenvalue weighted by atomic mass is 79.9. The van der Waals surface area contributed by atoms with E-state index in [1.165, 1.54) is 18.2 Å². The standard InChI is InChI=1S/C9H8BrFN4O3/c10-6-3-5(1-2-7(6)11)14-9(13-4-16)8(12)15(17)18-14/h1-4,17H,12H2,(H,13,16). The van der Waals surface area contributed by atoms with Gasteiger partial charge in [-0.05, 0) is 34.1 Å². The van der Waals surface area contributed by atoms with Crippen LogP contribution in [0.3, 0.4) is 0 Å². The highest BCUT2D eigenvalue weighted by molar-refractivity contribution is 9.10. The van der Waals surface area contributed by atoms with Crippen LogP contribution in [0.4, 0.5) is 10.1 Å². The molecule has 9 heteroatoms. The molecule has 1 aromatic carbocycles. The van der Waals surface area contributed by atoms with Crippen LogP contribution in [0.15, 0.2) is 34.3 Å². The Kier molecular flexibility index (Phi) is 3.36. The lowest BCUT2D eigenvalue weighted by Gasteiger charge is -2.18. The van der Waals surface area contributed by atoms with Gasteiger partial charge in [-0.3, -0.25) is 10.0 Å². The molecule has 4 N–H and O–H groups in total. The van der Waals surface area contributed by atoms with E-state index < -0.39 is 5.82 Å². The minimum atomic E-state index is -0.458. The second-order valence-electron chi connectivity index (χ2n) is 3.24. The van der Waals surface area contributed by atoms with Gasteiger partial charge < -0.3 is 11.1 Å². The van der Waals surface area contributed by atoms with E-state index in [0.29, 0.717) is 12.1 Å². The fourth-order valence-electron chi connectivity index (χ4n) is 1.33. The van der Waals surface area contributed by atoms with Crippen molar-refractivity contribution in [1.82, 2.24) is 10.5 Å². The molecule has 0 spiro atoms. The van der Waals surface area contributed by atoms with Gasteiger partial charge in [-0.25, -0.2) is 4.39 Å². The van der Waals surface area contributed by atoms with E-state index in [1.807, 2.05) is 0 Å². The number of hydroxylamine groups is 3. The Hall–Kier alpha value is -1.84. The summed E-state index contributed by atoms with van der Waals surface area (Å²) < 4.78 is 13.3. The molecule has 0 aliphatic carbocycles. The van der Waals surface area contributed by atoms with Crippen molar-refractivity contribution in [2.24, 2.45) is 5.73 Å². The van der Waals surface area contributed by atoms with E-state index in [9.17, 15) is 14.4 Å². The van der Waals surface area contributed by atoms with Crippen molar-refractivity contribution in [3.63, 3.8) is 0 Å². The molecule has 7 nitrogen and oxygen atoms in total. The zero-order valence-corrected chi connectivity index (χ0v) is 10.4.